The zero-order valence-corrected chi connectivity index (χ0v) is 17.2. The number of rotatable bonds is 9. The third-order valence-corrected chi connectivity index (χ3v) is 5.28. The number of halogens is 2. The van der Waals surface area contributed by atoms with Gasteiger partial charge in [0.25, 0.3) is 10.0 Å². The second kappa shape index (κ2) is 9.82. The molecule has 0 saturated carbocycles. The van der Waals surface area contributed by atoms with Crippen molar-refractivity contribution in [2.24, 2.45) is 5.10 Å². The van der Waals surface area contributed by atoms with Gasteiger partial charge in [-0.15, -0.1) is 0 Å². The fourth-order valence-corrected chi connectivity index (χ4v) is 3.25. The lowest BCUT2D eigenvalue weighted by atomic mass is 10.2. The van der Waals surface area contributed by atoms with Crippen molar-refractivity contribution in [3.63, 3.8) is 0 Å². The maximum atomic E-state index is 12.3. The van der Waals surface area contributed by atoms with E-state index in [4.69, 9.17) is 32.7 Å². The topological polar surface area (TPSA) is 77.0 Å². The molecule has 0 aromatic heterocycles. The Bertz CT molecular complexity index is 918. The molecule has 2 aromatic rings. The third kappa shape index (κ3) is 6.02. The predicted octanol–water partition coefficient (Wildman–Crippen LogP) is 4.49. The van der Waals surface area contributed by atoms with Crippen molar-refractivity contribution in [2.75, 3.05) is 13.2 Å². The van der Waals surface area contributed by atoms with E-state index in [0.29, 0.717) is 30.3 Å². The summed E-state index contributed by atoms with van der Waals surface area (Å²) < 4.78 is 35.7. The van der Waals surface area contributed by atoms with Crippen molar-refractivity contribution in [2.45, 2.75) is 25.2 Å². The van der Waals surface area contributed by atoms with Gasteiger partial charge in [0, 0.05) is 0 Å². The predicted molar refractivity (Wildman–Crippen MR) is 108 cm³/mol. The van der Waals surface area contributed by atoms with Crippen LogP contribution in [0.1, 0.15) is 25.8 Å². The summed E-state index contributed by atoms with van der Waals surface area (Å²) in [5, 5.41) is 4.22. The molecule has 0 amide bonds. The number of hydrogen-bond donors (Lipinski definition) is 1. The highest BCUT2D eigenvalue weighted by molar-refractivity contribution is 7.89. The third-order valence-electron chi connectivity index (χ3n) is 3.32. The number of nitrogens with zero attached hydrogens (tertiary/aromatic N) is 1. The molecule has 0 aliphatic heterocycles. The van der Waals surface area contributed by atoms with E-state index in [-0.39, 0.29) is 14.9 Å². The average molecular weight is 431 g/mol. The monoisotopic (exact) mass is 430 g/mol. The summed E-state index contributed by atoms with van der Waals surface area (Å²) in [5.41, 5.74) is 0.652. The largest absolute Gasteiger partial charge is 0.490 e. The highest BCUT2D eigenvalue weighted by Gasteiger charge is 2.14. The Morgan fingerprint density at radius 1 is 1.04 bits per heavy atom. The van der Waals surface area contributed by atoms with Gasteiger partial charge in [0.1, 0.15) is 0 Å². The Hall–Kier alpha value is -1.96. The molecule has 9 heteroatoms. The van der Waals surface area contributed by atoms with Gasteiger partial charge in [-0.3, -0.25) is 0 Å². The molecule has 0 aliphatic rings. The van der Waals surface area contributed by atoms with E-state index >= 15 is 0 Å². The van der Waals surface area contributed by atoms with Crippen LogP contribution < -0.4 is 14.3 Å². The van der Waals surface area contributed by atoms with E-state index in [1.54, 1.807) is 18.2 Å². The molecule has 0 fully saturated rings. The van der Waals surface area contributed by atoms with Crippen molar-refractivity contribution < 1.29 is 17.9 Å². The molecule has 0 aliphatic carbocycles. The molecule has 2 aromatic carbocycles. The number of hydrogen-bond acceptors (Lipinski definition) is 5. The van der Waals surface area contributed by atoms with Crippen LogP contribution in [-0.2, 0) is 10.0 Å². The first-order valence-corrected chi connectivity index (χ1v) is 10.5. The van der Waals surface area contributed by atoms with E-state index in [2.05, 4.69) is 9.93 Å². The van der Waals surface area contributed by atoms with E-state index in [9.17, 15) is 8.42 Å². The summed E-state index contributed by atoms with van der Waals surface area (Å²) in [7, 11) is -3.86. The van der Waals surface area contributed by atoms with Crippen LogP contribution in [0, 0.1) is 0 Å². The summed E-state index contributed by atoms with van der Waals surface area (Å²) in [4.78, 5) is 2.10. The molecule has 2 rings (SSSR count). The summed E-state index contributed by atoms with van der Waals surface area (Å²) in [6.45, 7) is 4.95. The molecular formula is C18H20Cl2N2O4S. The second-order valence-corrected chi connectivity index (χ2v) is 7.89. The van der Waals surface area contributed by atoms with Gasteiger partial charge in [-0.05, 0) is 55.3 Å². The van der Waals surface area contributed by atoms with Gasteiger partial charge < -0.3 is 9.47 Å². The maximum absolute atomic E-state index is 12.3. The molecule has 27 heavy (non-hydrogen) atoms. The van der Waals surface area contributed by atoms with Gasteiger partial charge in [-0.25, -0.2) is 4.83 Å². The smallest absolute Gasteiger partial charge is 0.276 e. The molecule has 0 atom stereocenters. The molecule has 6 nitrogen and oxygen atoms in total. The highest BCUT2D eigenvalue weighted by Crippen LogP contribution is 2.28. The summed E-state index contributed by atoms with van der Waals surface area (Å²) in [5.74, 6) is 1.20. The van der Waals surface area contributed by atoms with Crippen LogP contribution >= 0.6 is 23.2 Å². The summed E-state index contributed by atoms with van der Waals surface area (Å²) >= 11 is 11.7. The van der Waals surface area contributed by atoms with E-state index in [1.807, 2.05) is 13.8 Å². The van der Waals surface area contributed by atoms with Gasteiger partial charge in [-0.2, -0.15) is 13.5 Å². The number of sulfonamides is 1. The highest BCUT2D eigenvalue weighted by atomic mass is 35.5. The molecule has 0 unspecified atom stereocenters. The summed E-state index contributed by atoms with van der Waals surface area (Å²) in [6.07, 6.45) is 2.26. The maximum Gasteiger partial charge on any atom is 0.276 e. The Balaban J connectivity index is 2.14. The minimum absolute atomic E-state index is 0.0348. The minimum atomic E-state index is -3.86. The zero-order valence-electron chi connectivity index (χ0n) is 14.9. The number of ether oxygens (including phenoxy) is 2. The molecule has 0 spiro atoms. The van der Waals surface area contributed by atoms with Gasteiger partial charge in [-0.1, -0.05) is 30.1 Å². The first-order chi connectivity index (χ1) is 12.9. The molecule has 0 saturated heterocycles. The van der Waals surface area contributed by atoms with Crippen LogP contribution in [0.3, 0.4) is 0 Å². The quantitative estimate of drug-likeness (QED) is 0.469. The van der Waals surface area contributed by atoms with Crippen molar-refractivity contribution in [3.8, 4) is 11.5 Å². The van der Waals surface area contributed by atoms with Crippen molar-refractivity contribution >= 4 is 39.4 Å². The fourth-order valence-electron chi connectivity index (χ4n) is 2.07. The Morgan fingerprint density at radius 2 is 1.81 bits per heavy atom. The van der Waals surface area contributed by atoms with Crippen LogP contribution in [0.5, 0.6) is 11.5 Å². The fraction of sp³-hybridized carbons (Fsp3) is 0.278. The Labute approximate surface area is 169 Å². The second-order valence-electron chi connectivity index (χ2n) is 5.42. The van der Waals surface area contributed by atoms with Gasteiger partial charge >= 0.3 is 0 Å². The van der Waals surface area contributed by atoms with Crippen LogP contribution in [-0.4, -0.2) is 27.8 Å². The van der Waals surface area contributed by atoms with Crippen LogP contribution in [0.2, 0.25) is 10.0 Å². The Kier molecular flexibility index (Phi) is 7.77. The van der Waals surface area contributed by atoms with Crippen LogP contribution in [0.15, 0.2) is 46.4 Å². The molecule has 0 heterocycles. The standard InChI is InChI=1S/C18H20Cl2N2O4S/c1-3-9-26-17-8-5-13(10-18(17)25-4-2)12-21-22-27(23,24)14-6-7-15(19)16(20)11-14/h5-8,10-12,22H,3-4,9H2,1-2H3/b21-12+. The molecule has 146 valence electrons. The van der Waals surface area contributed by atoms with Gasteiger partial charge in [0.2, 0.25) is 0 Å². The normalized spacial score (nSPS) is 11.6. The lowest BCUT2D eigenvalue weighted by Gasteiger charge is -2.11. The van der Waals surface area contributed by atoms with Crippen LogP contribution in [0.4, 0.5) is 0 Å². The van der Waals surface area contributed by atoms with Crippen molar-refractivity contribution in [1.29, 1.82) is 0 Å². The molecule has 1 N–H and O–H groups in total. The number of nitrogens with one attached hydrogen (secondary N) is 1. The average Bonchev–Trinajstić information content (AvgIpc) is 2.63. The lowest BCUT2D eigenvalue weighted by Crippen LogP contribution is -2.18. The number of benzene rings is 2. The van der Waals surface area contributed by atoms with Crippen LogP contribution in [0.25, 0.3) is 0 Å². The molecule has 0 bridgehead atoms. The zero-order chi connectivity index (χ0) is 19.9. The minimum Gasteiger partial charge on any atom is -0.490 e. The van der Waals surface area contributed by atoms with E-state index < -0.39 is 10.0 Å². The van der Waals surface area contributed by atoms with Gasteiger partial charge in [0.15, 0.2) is 11.5 Å². The van der Waals surface area contributed by atoms with Crippen molar-refractivity contribution in [3.05, 3.63) is 52.0 Å². The van der Waals surface area contributed by atoms with Crippen molar-refractivity contribution in [1.82, 2.24) is 4.83 Å². The first-order valence-electron chi connectivity index (χ1n) is 8.27. The molecular weight excluding hydrogens is 411 g/mol. The lowest BCUT2D eigenvalue weighted by molar-refractivity contribution is 0.277. The first kappa shape index (κ1) is 21.3. The Morgan fingerprint density at radius 3 is 2.48 bits per heavy atom. The van der Waals surface area contributed by atoms with E-state index in [0.717, 1.165) is 6.42 Å². The van der Waals surface area contributed by atoms with Gasteiger partial charge in [0.05, 0.1) is 34.4 Å². The number of hydrazone groups is 1. The summed E-state index contributed by atoms with van der Waals surface area (Å²) in [6, 6.07) is 9.25. The van der Waals surface area contributed by atoms with E-state index in [1.165, 1.54) is 24.4 Å². The SMILES string of the molecule is CCCOc1ccc(/C=N/NS(=O)(=O)c2ccc(Cl)c(Cl)c2)cc1OCC. The molecule has 0 radical (unpaired) electrons.